The molecule has 2 nitrogen and oxygen atoms in total. The van der Waals surface area contributed by atoms with Gasteiger partial charge in [0, 0.05) is 14.2 Å². The molecule has 2 heteroatoms. The van der Waals surface area contributed by atoms with Crippen LogP contribution in [0.2, 0.25) is 0 Å². The minimum Gasteiger partial charge on any atom is -0.355 e. The fourth-order valence-electron chi connectivity index (χ4n) is 4.62. The Kier molecular flexibility index (Phi) is 4.43. The molecule has 0 spiro atoms. The smallest absolute Gasteiger partial charge is 0.167 e. The van der Waals surface area contributed by atoms with Gasteiger partial charge in [0.1, 0.15) is 0 Å². The van der Waals surface area contributed by atoms with Crippen molar-refractivity contribution >= 4 is 0 Å². The third kappa shape index (κ3) is 2.58. The Morgan fingerprint density at radius 1 is 0.833 bits per heavy atom. The third-order valence-corrected chi connectivity index (χ3v) is 5.81. The van der Waals surface area contributed by atoms with Crippen LogP contribution in [0.4, 0.5) is 0 Å². The first-order valence-electron chi connectivity index (χ1n) is 9.12. The van der Waals surface area contributed by atoms with Crippen LogP contribution in [-0.4, -0.2) is 20.5 Å². The monoisotopic (exact) mass is 322 g/mol. The predicted octanol–water partition coefficient (Wildman–Crippen LogP) is 5.47. The Hall–Kier alpha value is -1.64. The fourth-order valence-corrected chi connectivity index (χ4v) is 4.62. The summed E-state index contributed by atoms with van der Waals surface area (Å²) in [6.45, 7) is 0. The molecular weight excluding hydrogens is 296 g/mol. The number of fused-ring (bicyclic) bond motifs is 3. The van der Waals surface area contributed by atoms with Crippen LogP contribution in [0.5, 0.6) is 0 Å². The molecular formula is C22H26O2. The lowest BCUT2D eigenvalue weighted by Gasteiger charge is -2.25. The summed E-state index contributed by atoms with van der Waals surface area (Å²) >= 11 is 0. The standard InChI is InChI=1S/C22H26O2/c1-23-22(24-2)21-19-11-7-6-10-17(19)18-13-12-16(14-20(18)21)15-8-4-3-5-9-15/h6-7,10-15,21-22H,3-5,8-9H2,1-2H3. The molecule has 1 unspecified atom stereocenters. The molecule has 0 bridgehead atoms. The number of ether oxygens (including phenoxy) is 2. The van der Waals surface area contributed by atoms with E-state index in [-0.39, 0.29) is 12.2 Å². The maximum atomic E-state index is 5.66. The minimum absolute atomic E-state index is 0.162. The molecule has 1 saturated carbocycles. The summed E-state index contributed by atoms with van der Waals surface area (Å²) in [6.07, 6.45) is 6.54. The van der Waals surface area contributed by atoms with E-state index in [0.717, 1.165) is 5.92 Å². The number of methoxy groups -OCH3 is 2. The van der Waals surface area contributed by atoms with Crippen LogP contribution in [0.25, 0.3) is 11.1 Å². The van der Waals surface area contributed by atoms with Crippen LogP contribution in [0.3, 0.4) is 0 Å². The van der Waals surface area contributed by atoms with Crippen molar-refractivity contribution in [1.29, 1.82) is 0 Å². The maximum absolute atomic E-state index is 5.66. The zero-order valence-electron chi connectivity index (χ0n) is 14.6. The van der Waals surface area contributed by atoms with Crippen molar-refractivity contribution in [2.45, 2.75) is 50.2 Å². The van der Waals surface area contributed by atoms with Crippen molar-refractivity contribution in [2.24, 2.45) is 0 Å². The van der Waals surface area contributed by atoms with E-state index < -0.39 is 0 Å². The van der Waals surface area contributed by atoms with Gasteiger partial charge in [0.05, 0.1) is 5.92 Å². The van der Waals surface area contributed by atoms with E-state index in [1.165, 1.54) is 59.9 Å². The van der Waals surface area contributed by atoms with Gasteiger partial charge < -0.3 is 9.47 Å². The molecule has 2 aliphatic carbocycles. The molecule has 2 aliphatic rings. The van der Waals surface area contributed by atoms with E-state index in [4.69, 9.17) is 9.47 Å². The van der Waals surface area contributed by atoms with Crippen molar-refractivity contribution in [3.05, 3.63) is 59.2 Å². The van der Waals surface area contributed by atoms with Gasteiger partial charge in [0.15, 0.2) is 6.29 Å². The van der Waals surface area contributed by atoms with Gasteiger partial charge in [-0.1, -0.05) is 61.7 Å². The Morgan fingerprint density at radius 3 is 2.29 bits per heavy atom. The van der Waals surface area contributed by atoms with E-state index in [1.54, 1.807) is 14.2 Å². The lowest BCUT2D eigenvalue weighted by atomic mass is 9.82. The number of hydrogen-bond donors (Lipinski definition) is 0. The van der Waals surface area contributed by atoms with Crippen molar-refractivity contribution in [2.75, 3.05) is 14.2 Å². The molecule has 0 saturated heterocycles. The normalized spacial score (nSPS) is 20.2. The first kappa shape index (κ1) is 15.9. The quantitative estimate of drug-likeness (QED) is 0.695. The molecule has 0 heterocycles. The van der Waals surface area contributed by atoms with E-state index >= 15 is 0 Å². The van der Waals surface area contributed by atoms with Crippen molar-refractivity contribution in [1.82, 2.24) is 0 Å². The number of hydrogen-bond acceptors (Lipinski definition) is 2. The molecule has 0 N–H and O–H groups in total. The molecule has 2 aromatic carbocycles. The van der Waals surface area contributed by atoms with Gasteiger partial charge in [-0.2, -0.15) is 0 Å². The van der Waals surface area contributed by atoms with Crippen LogP contribution in [0, 0.1) is 0 Å². The maximum Gasteiger partial charge on any atom is 0.167 e. The molecule has 1 fully saturated rings. The summed E-state index contributed by atoms with van der Waals surface area (Å²) in [4.78, 5) is 0. The van der Waals surface area contributed by atoms with Gasteiger partial charge in [-0.25, -0.2) is 0 Å². The lowest BCUT2D eigenvalue weighted by molar-refractivity contribution is -0.110. The number of rotatable bonds is 4. The molecule has 1 atom stereocenters. The van der Waals surface area contributed by atoms with Gasteiger partial charge >= 0.3 is 0 Å². The first-order chi connectivity index (χ1) is 11.8. The third-order valence-electron chi connectivity index (χ3n) is 5.81. The van der Waals surface area contributed by atoms with E-state index in [0.29, 0.717) is 0 Å². The van der Waals surface area contributed by atoms with Gasteiger partial charge in [0.2, 0.25) is 0 Å². The Balaban J connectivity index is 1.79. The van der Waals surface area contributed by atoms with Crippen LogP contribution < -0.4 is 0 Å². The van der Waals surface area contributed by atoms with Crippen LogP contribution >= 0.6 is 0 Å². The van der Waals surface area contributed by atoms with Crippen molar-refractivity contribution in [3.8, 4) is 11.1 Å². The largest absolute Gasteiger partial charge is 0.355 e. The van der Waals surface area contributed by atoms with Gasteiger partial charge in [-0.3, -0.25) is 0 Å². The second kappa shape index (κ2) is 6.70. The summed E-state index contributed by atoms with van der Waals surface area (Å²) in [5, 5.41) is 0. The van der Waals surface area contributed by atoms with Crippen LogP contribution in [-0.2, 0) is 9.47 Å². The topological polar surface area (TPSA) is 18.5 Å². The van der Waals surface area contributed by atoms with Crippen LogP contribution in [0.15, 0.2) is 42.5 Å². The average Bonchev–Trinajstić information content (AvgIpc) is 2.98. The highest BCUT2D eigenvalue weighted by molar-refractivity contribution is 5.79. The molecule has 0 aromatic heterocycles. The van der Waals surface area contributed by atoms with Crippen molar-refractivity contribution < 1.29 is 9.47 Å². The van der Waals surface area contributed by atoms with E-state index in [1.807, 2.05) is 0 Å². The second-order valence-electron chi connectivity index (χ2n) is 7.09. The highest BCUT2D eigenvalue weighted by Crippen LogP contribution is 2.48. The average molecular weight is 322 g/mol. The molecule has 24 heavy (non-hydrogen) atoms. The first-order valence-corrected chi connectivity index (χ1v) is 9.12. The summed E-state index contributed by atoms with van der Waals surface area (Å²) in [5.41, 5.74) is 6.85. The summed E-state index contributed by atoms with van der Waals surface area (Å²) in [7, 11) is 3.47. The Bertz CT molecular complexity index is 712. The molecule has 126 valence electrons. The predicted molar refractivity (Wildman–Crippen MR) is 97.4 cm³/mol. The second-order valence-corrected chi connectivity index (χ2v) is 7.09. The summed E-state index contributed by atoms with van der Waals surface area (Å²) in [5.74, 6) is 0.881. The lowest BCUT2D eigenvalue weighted by Crippen LogP contribution is -2.22. The fraction of sp³-hybridized carbons (Fsp3) is 0.455. The van der Waals surface area contributed by atoms with E-state index in [2.05, 4.69) is 42.5 Å². The highest BCUT2D eigenvalue weighted by Gasteiger charge is 2.35. The molecule has 0 radical (unpaired) electrons. The Morgan fingerprint density at radius 2 is 1.54 bits per heavy atom. The molecule has 0 amide bonds. The Labute approximate surface area is 144 Å². The zero-order chi connectivity index (χ0) is 16.5. The van der Waals surface area contributed by atoms with Crippen molar-refractivity contribution in [3.63, 3.8) is 0 Å². The van der Waals surface area contributed by atoms with Gasteiger partial charge in [0.25, 0.3) is 0 Å². The SMILES string of the molecule is COC(OC)C1c2ccccc2-c2ccc(C3CCCCC3)cc21. The molecule has 2 aromatic rings. The zero-order valence-corrected chi connectivity index (χ0v) is 14.6. The number of benzene rings is 2. The highest BCUT2D eigenvalue weighted by atomic mass is 16.7. The van der Waals surface area contributed by atoms with Crippen LogP contribution in [0.1, 0.15) is 60.6 Å². The minimum atomic E-state index is -0.242. The summed E-state index contributed by atoms with van der Waals surface area (Å²) < 4.78 is 11.3. The van der Waals surface area contributed by atoms with Gasteiger partial charge in [-0.15, -0.1) is 0 Å². The van der Waals surface area contributed by atoms with E-state index in [9.17, 15) is 0 Å². The summed E-state index contributed by atoms with van der Waals surface area (Å²) in [6, 6.07) is 15.8. The van der Waals surface area contributed by atoms with Gasteiger partial charge in [-0.05, 0) is 46.6 Å². The molecule has 4 rings (SSSR count). The molecule has 0 aliphatic heterocycles.